The number of hydrogen-bond donors (Lipinski definition) is 7. The number of allylic oxidation sites excluding steroid dienone is 1. The molecular formula is C91H75Cl6N17O13. The van der Waals surface area contributed by atoms with Crippen molar-refractivity contribution in [3.8, 4) is 67.9 Å². The maximum Gasteiger partial charge on any atom is 0.269 e. The Morgan fingerprint density at radius 1 is 0.433 bits per heavy atom. The van der Waals surface area contributed by atoms with Gasteiger partial charge in [-0.05, 0) is 107 Å². The molecule has 0 radical (unpaired) electrons. The lowest BCUT2D eigenvalue weighted by Crippen LogP contribution is -2.24. The number of nitrogens with one attached hydrogen (secondary N) is 4. The second-order valence-corrected chi connectivity index (χ2v) is 30.0. The van der Waals surface area contributed by atoms with Crippen LogP contribution < -0.4 is 83.6 Å². The molecule has 0 aliphatic heterocycles. The van der Waals surface area contributed by atoms with Gasteiger partial charge in [-0.1, -0.05) is 162 Å². The zero-order chi connectivity index (χ0) is 90.6. The quantitative estimate of drug-likeness (QED) is 0.0109. The van der Waals surface area contributed by atoms with Crippen molar-refractivity contribution in [3.05, 3.63) is 319 Å². The van der Waals surface area contributed by atoms with Crippen LogP contribution in [0.2, 0.25) is 30.1 Å². The van der Waals surface area contributed by atoms with Gasteiger partial charge < -0.3 is 66.9 Å². The number of aromatic nitrogens is 9. The van der Waals surface area contributed by atoms with E-state index in [1.54, 1.807) is 122 Å². The van der Waals surface area contributed by atoms with Gasteiger partial charge in [0.15, 0.2) is 5.78 Å². The summed E-state index contributed by atoms with van der Waals surface area (Å²) in [5.41, 5.74) is 26.0. The van der Waals surface area contributed by atoms with E-state index in [4.69, 9.17) is 120 Å². The van der Waals surface area contributed by atoms with Crippen LogP contribution in [-0.4, -0.2) is 103 Å². The molecule has 9 aromatic carbocycles. The lowest BCUT2D eigenvalue weighted by molar-refractivity contribution is -0.384. The Labute approximate surface area is 753 Å². The Morgan fingerprint density at radius 3 is 1.07 bits per heavy atom. The smallest absolute Gasteiger partial charge is 0.269 e. The van der Waals surface area contributed by atoms with E-state index in [0.29, 0.717) is 90.0 Å². The third-order valence-electron chi connectivity index (χ3n) is 19.8. The minimum atomic E-state index is -0.493. The van der Waals surface area contributed by atoms with Gasteiger partial charge in [0, 0.05) is 105 Å². The molecule has 0 aliphatic rings. The van der Waals surface area contributed by atoms with Crippen LogP contribution in [0.15, 0.2) is 240 Å². The predicted octanol–water partition coefficient (Wildman–Crippen LogP) is 18.8. The summed E-state index contributed by atoms with van der Waals surface area (Å²) in [5.74, 6) is 1.91. The van der Waals surface area contributed by atoms with Gasteiger partial charge in [-0.2, -0.15) is 15.0 Å². The van der Waals surface area contributed by atoms with Crippen molar-refractivity contribution >= 4 is 178 Å². The first kappa shape index (κ1) is 90.0. The van der Waals surface area contributed by atoms with E-state index in [0.717, 1.165) is 16.7 Å². The number of pyridine rings is 3. The molecule has 1 amide bonds. The summed E-state index contributed by atoms with van der Waals surface area (Å²) < 4.78 is 37.0. The second-order valence-electron chi connectivity index (χ2n) is 27.7. The number of nitro groups is 1. The number of fused-ring (bicyclic) bond motifs is 3. The van der Waals surface area contributed by atoms with Crippen LogP contribution in [-0.2, 0) is 35.6 Å². The lowest BCUT2D eigenvalue weighted by Gasteiger charge is -2.17. The normalized spacial score (nSPS) is 10.9. The number of rotatable bonds is 27. The number of benzene rings is 9. The number of carbonyl (C=O) groups is 2. The lowest BCUT2D eigenvalue weighted by atomic mass is 10.0. The minimum Gasteiger partial charge on any atom is -0.495 e. The zero-order valence-corrected chi connectivity index (χ0v) is 72.8. The average Bonchev–Trinajstić information content (AvgIpc) is 0.757. The van der Waals surface area contributed by atoms with Gasteiger partial charge in [-0.25, -0.2) is 15.0 Å². The summed E-state index contributed by atoms with van der Waals surface area (Å²) in [6.45, 7) is 7.35. The SMILES string of the molecule is C=CC(=O)Cc1ccccc1Nc1ncc2cc(-c3c(Cl)c(OC)cc(OC)c3Cl)c(=O)n(Cc3ccc(NC(=O)C=C)cc3)c2n1.COc1cc(OC)c(Cl)c(-c2cc3cnc(Nc4ccccc4N)nc3n(Cc3ccc(N)cc3)c2=O)c1Cl.COc1cc(OC)c(Cl)c(-c2cc3cnc(Nc4ccccc4N)nc3n(Cc3ccc([N+](=O)[O-])cc3)c2=O)c1Cl. The molecule has 0 atom stereocenters. The van der Waals surface area contributed by atoms with Gasteiger partial charge in [0.2, 0.25) is 23.8 Å². The first-order chi connectivity index (χ1) is 61.2. The molecule has 36 heteroatoms. The van der Waals surface area contributed by atoms with Crippen LogP contribution >= 0.6 is 69.6 Å². The first-order valence-electron chi connectivity index (χ1n) is 38.0. The summed E-state index contributed by atoms with van der Waals surface area (Å²) in [4.78, 5) is 105. The Kier molecular flexibility index (Phi) is 28.2. The molecule has 15 rings (SSSR count). The van der Waals surface area contributed by atoms with Gasteiger partial charge >= 0.3 is 0 Å². The molecule has 6 aromatic heterocycles. The molecule has 0 saturated heterocycles. The molecule has 0 fully saturated rings. The highest BCUT2D eigenvalue weighted by Gasteiger charge is 2.29. The summed E-state index contributed by atoms with van der Waals surface area (Å²) >= 11 is 40.2. The molecule has 127 heavy (non-hydrogen) atoms. The molecule has 644 valence electrons. The molecule has 0 saturated carbocycles. The predicted molar refractivity (Wildman–Crippen MR) is 501 cm³/mol. The number of nitro benzene ring substituents is 1. The Hall–Kier alpha value is -14.8. The van der Waals surface area contributed by atoms with E-state index in [9.17, 15) is 34.1 Å². The highest BCUT2D eigenvalue weighted by Crippen LogP contribution is 2.49. The standard InChI is InChI=1S/C35H29Cl2N5O5.C28H22Cl2N6O5.C28H24Cl2N6O3/c1-5-24(43)15-21-9-7-8-10-26(21)40-35-38-18-22-16-25(30-31(36)27(46-3)17-28(47-4)32(30)37)34(45)42(33(22)41-35)19-20-11-13-23(14-12-20)39-29(44)6-2;1-40-21-12-22(41-2)25(30)23(24(21)29)18-11-16-13-32-28(33-20-6-4-3-5-19(20)31)34-26(16)35(27(18)37)14-15-7-9-17(10-8-15)36(38)39;1-38-21-12-22(39-2)25(30)23(24(21)29)18-11-16-13-33-28(34-20-6-4-3-5-19(20)32)35-26(16)36(27(18)37)14-15-7-9-17(31)10-8-15/h5-14,16-18H,1-2,15,19H2,3-4H3,(H,39,44)(H,38,40,41);3-13H,14,31H2,1-2H3,(H,32,33,34);3-13H,14,31-32H2,1-2H3,(H,33,34,35). The van der Waals surface area contributed by atoms with E-state index in [1.807, 2.05) is 60.7 Å². The Bertz CT molecular complexity index is 6940. The molecule has 0 unspecified atom stereocenters. The van der Waals surface area contributed by atoms with Gasteiger partial charge in [0.25, 0.3) is 22.4 Å². The Balaban J connectivity index is 0.000000164. The number of para-hydroxylation sites is 5. The molecule has 10 N–H and O–H groups in total. The molecular weight excluding hydrogens is 1750 g/mol. The monoisotopic (exact) mass is 1820 g/mol. The number of nitrogens with zero attached hydrogens (tertiary/aromatic N) is 10. The fraction of sp³-hybridized carbons (Fsp3) is 0.110. The number of methoxy groups -OCH3 is 6. The number of ether oxygens (including phenoxy) is 6. The number of nitrogen functional groups attached to an aromatic ring is 3. The second kappa shape index (κ2) is 39.8. The summed E-state index contributed by atoms with van der Waals surface area (Å²) in [6, 6.07) is 51.3. The van der Waals surface area contributed by atoms with Gasteiger partial charge in [0.1, 0.15) is 51.4 Å². The van der Waals surface area contributed by atoms with Crippen LogP contribution in [0.3, 0.4) is 0 Å². The summed E-state index contributed by atoms with van der Waals surface area (Å²) in [6.07, 6.45) is 7.34. The molecule has 15 aromatic rings. The van der Waals surface area contributed by atoms with E-state index < -0.39 is 16.0 Å². The highest BCUT2D eigenvalue weighted by atomic mass is 35.5. The van der Waals surface area contributed by atoms with E-state index >= 15 is 0 Å². The topological polar surface area (TPSA) is 402 Å². The van der Waals surface area contributed by atoms with Crippen molar-refractivity contribution in [3.63, 3.8) is 0 Å². The zero-order valence-electron chi connectivity index (χ0n) is 68.2. The Morgan fingerprint density at radius 2 is 0.748 bits per heavy atom. The van der Waals surface area contributed by atoms with Crippen molar-refractivity contribution in [2.24, 2.45) is 0 Å². The van der Waals surface area contributed by atoms with Crippen molar-refractivity contribution in [1.82, 2.24) is 43.6 Å². The molecule has 0 bridgehead atoms. The van der Waals surface area contributed by atoms with Crippen LogP contribution in [0.25, 0.3) is 66.5 Å². The minimum absolute atomic E-state index is 0.0292. The van der Waals surface area contributed by atoms with Crippen molar-refractivity contribution in [2.45, 2.75) is 26.1 Å². The third kappa shape index (κ3) is 19.7. The molecule has 0 spiro atoms. The molecule has 30 nitrogen and oxygen atoms in total. The van der Waals surface area contributed by atoms with Crippen LogP contribution in [0.5, 0.6) is 34.5 Å². The number of hydrogen-bond acceptors (Lipinski definition) is 25. The third-order valence-corrected chi connectivity index (χ3v) is 22.1. The van der Waals surface area contributed by atoms with Crippen LogP contribution in [0.1, 0.15) is 22.3 Å². The fourth-order valence-electron chi connectivity index (χ4n) is 13.4. The number of anilines is 10. The number of non-ortho nitro benzene ring substituents is 1. The summed E-state index contributed by atoms with van der Waals surface area (Å²) in [7, 11) is 8.72. The average molecular weight is 1830 g/mol. The van der Waals surface area contributed by atoms with Gasteiger partial charge in [0.05, 0.1) is 137 Å². The van der Waals surface area contributed by atoms with Crippen molar-refractivity contribution < 1.29 is 42.9 Å². The van der Waals surface area contributed by atoms with Crippen molar-refractivity contribution in [1.29, 1.82) is 0 Å². The number of carbonyl (C=O) groups excluding carboxylic acids is 2. The van der Waals surface area contributed by atoms with E-state index in [2.05, 4.69) is 59.3 Å². The first-order valence-corrected chi connectivity index (χ1v) is 40.3. The van der Waals surface area contributed by atoms with Crippen molar-refractivity contribution in [2.75, 3.05) is 81.1 Å². The van der Waals surface area contributed by atoms with Gasteiger partial charge in [-0.15, -0.1) is 0 Å². The largest absolute Gasteiger partial charge is 0.495 e. The maximum absolute atomic E-state index is 14.4. The number of amides is 1. The number of halogens is 6. The van der Waals surface area contributed by atoms with Crippen LogP contribution in [0, 0.1) is 10.1 Å². The van der Waals surface area contributed by atoms with Crippen LogP contribution in [0.4, 0.5) is 63.3 Å². The molecule has 0 aliphatic carbocycles. The highest BCUT2D eigenvalue weighted by molar-refractivity contribution is 6.43. The summed E-state index contributed by atoms with van der Waals surface area (Å²) in [5, 5.41) is 25.7. The van der Waals surface area contributed by atoms with E-state index in [-0.39, 0.29) is 153 Å². The number of ketones is 1. The molecule has 6 heterocycles. The number of nitrogens with two attached hydrogens (primary N) is 3. The maximum atomic E-state index is 14.4. The van der Waals surface area contributed by atoms with E-state index in [1.165, 1.54) is 86.7 Å². The van der Waals surface area contributed by atoms with Gasteiger partial charge in [-0.3, -0.25) is 47.8 Å². The fourth-order valence-corrected chi connectivity index (χ4v) is 15.5.